The van der Waals surface area contributed by atoms with Crippen molar-refractivity contribution in [1.29, 1.82) is 0 Å². The fraction of sp³-hybridized carbons (Fsp3) is 0.0526. The van der Waals surface area contributed by atoms with Crippen molar-refractivity contribution in [2.45, 2.75) is 6.54 Å². The summed E-state index contributed by atoms with van der Waals surface area (Å²) in [7, 11) is 0. The second-order valence-electron chi connectivity index (χ2n) is 5.31. The third kappa shape index (κ3) is 4.49. The Kier molecular flexibility index (Phi) is 5.16. The molecule has 0 aliphatic rings. The van der Waals surface area contributed by atoms with Crippen LogP contribution in [0.4, 0.5) is 5.69 Å². The van der Waals surface area contributed by atoms with Gasteiger partial charge in [-0.15, -0.1) is 0 Å². The van der Waals surface area contributed by atoms with E-state index in [-0.39, 0.29) is 11.8 Å². The molecule has 3 aromatic rings. The van der Waals surface area contributed by atoms with E-state index in [1.807, 2.05) is 0 Å². The van der Waals surface area contributed by atoms with Gasteiger partial charge < -0.3 is 15.1 Å². The Balaban J connectivity index is 1.66. The lowest BCUT2D eigenvalue weighted by Gasteiger charge is -2.08. The minimum Gasteiger partial charge on any atom is -0.467 e. The lowest BCUT2D eigenvalue weighted by Crippen LogP contribution is -2.22. The number of amides is 2. The fourth-order valence-corrected chi connectivity index (χ4v) is 2.44. The van der Waals surface area contributed by atoms with E-state index < -0.39 is 0 Å². The van der Waals surface area contributed by atoms with Crippen LogP contribution in [0.1, 0.15) is 26.5 Å². The lowest BCUT2D eigenvalue weighted by molar-refractivity contribution is 0.0946. The van der Waals surface area contributed by atoms with Crippen molar-refractivity contribution in [1.82, 2.24) is 5.32 Å². The van der Waals surface area contributed by atoms with E-state index in [1.54, 1.807) is 66.9 Å². The van der Waals surface area contributed by atoms with Crippen LogP contribution in [0.3, 0.4) is 0 Å². The lowest BCUT2D eigenvalue weighted by atomic mass is 10.1. The van der Waals surface area contributed by atoms with Crippen LogP contribution < -0.4 is 10.6 Å². The molecular weight excluding hydrogens is 340 g/mol. The number of anilines is 1. The van der Waals surface area contributed by atoms with Crippen LogP contribution in [0.2, 0.25) is 5.02 Å². The molecule has 0 unspecified atom stereocenters. The number of hydrogen-bond acceptors (Lipinski definition) is 3. The number of halogens is 1. The summed E-state index contributed by atoms with van der Waals surface area (Å²) in [4.78, 5) is 24.5. The zero-order valence-corrected chi connectivity index (χ0v) is 13.9. The molecule has 0 bridgehead atoms. The van der Waals surface area contributed by atoms with Gasteiger partial charge in [-0.25, -0.2) is 0 Å². The molecule has 25 heavy (non-hydrogen) atoms. The average Bonchev–Trinajstić information content (AvgIpc) is 3.13. The smallest absolute Gasteiger partial charge is 0.255 e. The number of nitrogens with one attached hydrogen (secondary N) is 2. The first-order valence-electron chi connectivity index (χ1n) is 7.59. The first kappa shape index (κ1) is 16.8. The number of rotatable bonds is 5. The molecule has 0 saturated carbocycles. The van der Waals surface area contributed by atoms with Gasteiger partial charge in [0.1, 0.15) is 5.76 Å². The van der Waals surface area contributed by atoms with Crippen LogP contribution in [0.15, 0.2) is 71.3 Å². The normalized spacial score (nSPS) is 10.3. The number of benzene rings is 2. The largest absolute Gasteiger partial charge is 0.467 e. The van der Waals surface area contributed by atoms with E-state index in [0.717, 1.165) is 0 Å². The molecule has 2 N–H and O–H groups in total. The summed E-state index contributed by atoms with van der Waals surface area (Å²) in [6, 6.07) is 16.9. The molecule has 0 spiro atoms. The molecule has 0 aliphatic heterocycles. The van der Waals surface area contributed by atoms with Gasteiger partial charge >= 0.3 is 0 Å². The highest BCUT2D eigenvalue weighted by Gasteiger charge is 2.10. The molecule has 1 heterocycles. The Bertz CT molecular complexity index is 891. The van der Waals surface area contributed by atoms with Crippen LogP contribution in [0.5, 0.6) is 0 Å². The van der Waals surface area contributed by atoms with E-state index in [9.17, 15) is 9.59 Å². The number of furan rings is 1. The van der Waals surface area contributed by atoms with E-state index in [0.29, 0.717) is 34.1 Å². The molecule has 126 valence electrons. The number of carbonyl (C=O) groups is 2. The Morgan fingerprint density at radius 2 is 1.68 bits per heavy atom. The van der Waals surface area contributed by atoms with Crippen molar-refractivity contribution in [2.24, 2.45) is 0 Å². The summed E-state index contributed by atoms with van der Waals surface area (Å²) in [5.41, 5.74) is 1.41. The van der Waals surface area contributed by atoms with Crippen LogP contribution in [-0.4, -0.2) is 11.8 Å². The van der Waals surface area contributed by atoms with E-state index >= 15 is 0 Å². The highest BCUT2D eigenvalue weighted by Crippen LogP contribution is 2.15. The maximum atomic E-state index is 12.2. The summed E-state index contributed by atoms with van der Waals surface area (Å²) in [5.74, 6) is 0.115. The molecular formula is C19H15ClN2O3. The standard InChI is InChI=1S/C19H15ClN2O3/c20-15-6-1-4-13(10-15)19(24)22-16-7-2-5-14(11-16)18(23)21-12-17-8-3-9-25-17/h1-11H,12H2,(H,21,23)(H,22,24). The van der Waals surface area contributed by atoms with Gasteiger partial charge in [0.05, 0.1) is 12.8 Å². The third-order valence-corrected chi connectivity index (χ3v) is 3.71. The average molecular weight is 355 g/mol. The van der Waals surface area contributed by atoms with Crippen molar-refractivity contribution in [3.8, 4) is 0 Å². The summed E-state index contributed by atoms with van der Waals surface area (Å²) in [6.45, 7) is 0.297. The zero-order chi connectivity index (χ0) is 17.6. The fourth-order valence-electron chi connectivity index (χ4n) is 2.25. The summed E-state index contributed by atoms with van der Waals surface area (Å²) in [5, 5.41) is 6.00. The predicted molar refractivity (Wildman–Crippen MR) is 95.7 cm³/mol. The highest BCUT2D eigenvalue weighted by molar-refractivity contribution is 6.31. The van der Waals surface area contributed by atoms with Crippen molar-refractivity contribution in [3.63, 3.8) is 0 Å². The molecule has 6 heteroatoms. The number of carbonyl (C=O) groups excluding carboxylic acids is 2. The van der Waals surface area contributed by atoms with Gasteiger partial charge in [0.25, 0.3) is 11.8 Å². The molecule has 0 saturated heterocycles. The van der Waals surface area contributed by atoms with Gasteiger partial charge in [0, 0.05) is 21.8 Å². The first-order valence-corrected chi connectivity index (χ1v) is 7.97. The molecule has 3 rings (SSSR count). The highest BCUT2D eigenvalue weighted by atomic mass is 35.5. The minimum atomic E-state index is -0.296. The van der Waals surface area contributed by atoms with Gasteiger partial charge in [-0.1, -0.05) is 23.7 Å². The van der Waals surface area contributed by atoms with Crippen molar-refractivity contribution in [3.05, 3.63) is 88.8 Å². The molecule has 1 aromatic heterocycles. The van der Waals surface area contributed by atoms with Crippen LogP contribution in [0.25, 0.3) is 0 Å². The van der Waals surface area contributed by atoms with Crippen LogP contribution in [0, 0.1) is 0 Å². The first-order chi connectivity index (χ1) is 12.1. The summed E-state index contributed by atoms with van der Waals surface area (Å²) < 4.78 is 5.17. The minimum absolute atomic E-state index is 0.254. The van der Waals surface area contributed by atoms with Gasteiger partial charge in [-0.3, -0.25) is 9.59 Å². The maximum Gasteiger partial charge on any atom is 0.255 e. The molecule has 2 aromatic carbocycles. The van der Waals surface area contributed by atoms with Gasteiger partial charge in [-0.05, 0) is 48.5 Å². The van der Waals surface area contributed by atoms with E-state index in [1.165, 1.54) is 0 Å². The molecule has 2 amide bonds. The summed E-state index contributed by atoms with van der Waals surface area (Å²) >= 11 is 5.90. The predicted octanol–water partition coefficient (Wildman–Crippen LogP) is 4.12. The third-order valence-electron chi connectivity index (χ3n) is 3.47. The second kappa shape index (κ2) is 7.68. The Morgan fingerprint density at radius 1 is 0.920 bits per heavy atom. The van der Waals surface area contributed by atoms with Crippen molar-refractivity contribution in [2.75, 3.05) is 5.32 Å². The van der Waals surface area contributed by atoms with Crippen molar-refractivity contribution >= 4 is 29.1 Å². The summed E-state index contributed by atoms with van der Waals surface area (Å²) in [6.07, 6.45) is 1.55. The maximum absolute atomic E-state index is 12.2. The Hall–Kier alpha value is -3.05. The van der Waals surface area contributed by atoms with Gasteiger partial charge in [-0.2, -0.15) is 0 Å². The van der Waals surface area contributed by atoms with E-state index in [2.05, 4.69) is 10.6 Å². The second-order valence-corrected chi connectivity index (χ2v) is 5.74. The van der Waals surface area contributed by atoms with Gasteiger partial charge in [0.2, 0.25) is 0 Å². The molecule has 0 aliphatic carbocycles. The molecule has 0 atom stereocenters. The topological polar surface area (TPSA) is 71.3 Å². The van der Waals surface area contributed by atoms with E-state index in [4.69, 9.17) is 16.0 Å². The Morgan fingerprint density at radius 3 is 2.40 bits per heavy atom. The monoisotopic (exact) mass is 354 g/mol. The van der Waals surface area contributed by atoms with Crippen LogP contribution >= 0.6 is 11.6 Å². The Labute approximate surface area is 149 Å². The number of hydrogen-bond donors (Lipinski definition) is 2. The SMILES string of the molecule is O=C(NCc1ccco1)c1cccc(NC(=O)c2cccc(Cl)c2)c1. The molecule has 0 radical (unpaired) electrons. The zero-order valence-electron chi connectivity index (χ0n) is 13.2. The van der Waals surface area contributed by atoms with Crippen LogP contribution in [-0.2, 0) is 6.54 Å². The van der Waals surface area contributed by atoms with Crippen molar-refractivity contribution < 1.29 is 14.0 Å². The quantitative estimate of drug-likeness (QED) is 0.724. The molecule has 0 fully saturated rings. The molecule has 5 nitrogen and oxygen atoms in total. The van der Waals surface area contributed by atoms with Gasteiger partial charge in [0.15, 0.2) is 0 Å².